The Bertz CT molecular complexity index is 1530. The fourth-order valence-electron chi connectivity index (χ4n) is 6.98. The molecule has 3 aliphatic rings. The molecule has 1 saturated carbocycles. The van der Waals surface area contributed by atoms with Crippen molar-refractivity contribution in [2.75, 3.05) is 43.6 Å². The Balaban J connectivity index is 1.23. The van der Waals surface area contributed by atoms with Gasteiger partial charge < -0.3 is 24.2 Å². The first-order valence-electron chi connectivity index (χ1n) is 16.8. The van der Waals surface area contributed by atoms with E-state index in [4.69, 9.17) is 21.1 Å². The Morgan fingerprint density at radius 1 is 1.00 bits per heavy atom. The molecule has 0 radical (unpaired) electrons. The van der Waals surface area contributed by atoms with Crippen molar-refractivity contribution >= 4 is 34.8 Å². The summed E-state index contributed by atoms with van der Waals surface area (Å²) in [5.74, 6) is 2.54. The number of hydrogen-bond donors (Lipinski definition) is 0. The van der Waals surface area contributed by atoms with Crippen LogP contribution in [0.4, 0.5) is 11.4 Å². The summed E-state index contributed by atoms with van der Waals surface area (Å²) >= 11 is 6.29. The maximum atomic E-state index is 13.9. The number of benzene rings is 3. The topological polar surface area (TPSA) is 62.3 Å². The van der Waals surface area contributed by atoms with Crippen LogP contribution in [-0.4, -0.2) is 56.6 Å². The molecule has 1 saturated heterocycles. The maximum absolute atomic E-state index is 13.9. The second kappa shape index (κ2) is 14.0. The van der Waals surface area contributed by atoms with E-state index in [0.29, 0.717) is 28.3 Å². The zero-order chi connectivity index (χ0) is 32.4. The van der Waals surface area contributed by atoms with Gasteiger partial charge in [-0.25, -0.2) is 0 Å². The van der Waals surface area contributed by atoms with E-state index >= 15 is 0 Å². The van der Waals surface area contributed by atoms with Crippen molar-refractivity contribution < 1.29 is 19.1 Å². The van der Waals surface area contributed by atoms with Gasteiger partial charge in [0.15, 0.2) is 11.5 Å². The number of nitrogens with zero attached hydrogens (tertiary/aromatic N) is 3. The van der Waals surface area contributed by atoms with E-state index in [1.54, 1.807) is 7.11 Å². The lowest BCUT2D eigenvalue weighted by molar-refractivity contribution is -0.139. The van der Waals surface area contributed by atoms with Crippen LogP contribution in [0.2, 0.25) is 5.02 Å². The third-order valence-corrected chi connectivity index (χ3v) is 10.4. The number of amides is 2. The zero-order valence-electron chi connectivity index (χ0n) is 27.5. The van der Waals surface area contributed by atoms with Crippen LogP contribution in [-0.2, 0) is 16.0 Å². The van der Waals surface area contributed by atoms with Gasteiger partial charge >= 0.3 is 0 Å². The van der Waals surface area contributed by atoms with Crippen molar-refractivity contribution in [3.63, 3.8) is 0 Å². The number of carbonyl (C=O) groups is 2. The molecule has 2 aliphatic heterocycles. The van der Waals surface area contributed by atoms with E-state index in [9.17, 15) is 9.59 Å². The molecule has 46 heavy (non-hydrogen) atoms. The number of ether oxygens (including phenoxy) is 2. The molecule has 0 aromatic heterocycles. The first-order chi connectivity index (χ1) is 22.2. The van der Waals surface area contributed by atoms with E-state index in [0.717, 1.165) is 79.8 Å². The predicted molar refractivity (Wildman–Crippen MR) is 184 cm³/mol. The van der Waals surface area contributed by atoms with Gasteiger partial charge in [0.25, 0.3) is 0 Å². The lowest BCUT2D eigenvalue weighted by atomic mass is 9.83. The number of likely N-dealkylation sites (tertiary alicyclic amines) is 1. The first-order valence-corrected chi connectivity index (χ1v) is 17.2. The fourth-order valence-corrected chi connectivity index (χ4v) is 7.11. The Morgan fingerprint density at radius 3 is 2.30 bits per heavy atom. The highest BCUT2D eigenvalue weighted by atomic mass is 35.5. The number of carbonyl (C=O) groups excluding carboxylic acids is 2. The van der Waals surface area contributed by atoms with E-state index in [1.807, 2.05) is 48.2 Å². The van der Waals surface area contributed by atoms with Gasteiger partial charge in [0.05, 0.1) is 25.7 Å². The number of anilines is 2. The summed E-state index contributed by atoms with van der Waals surface area (Å²) in [6, 6.07) is 19.7. The molecule has 8 heteroatoms. The van der Waals surface area contributed by atoms with Crippen LogP contribution in [0.1, 0.15) is 75.1 Å². The number of rotatable bonds is 10. The summed E-state index contributed by atoms with van der Waals surface area (Å²) in [6.07, 6.45) is 6.56. The molecule has 2 amide bonds. The zero-order valence-corrected chi connectivity index (χ0v) is 28.3. The minimum absolute atomic E-state index is 0.0224. The quantitative estimate of drug-likeness (QED) is 0.227. The molecule has 2 heterocycles. The van der Waals surface area contributed by atoms with E-state index < -0.39 is 0 Å². The van der Waals surface area contributed by atoms with Crippen molar-refractivity contribution in [1.82, 2.24) is 4.90 Å². The summed E-state index contributed by atoms with van der Waals surface area (Å²) < 4.78 is 12.0. The number of halogens is 1. The van der Waals surface area contributed by atoms with Gasteiger partial charge in [0.2, 0.25) is 11.8 Å². The summed E-state index contributed by atoms with van der Waals surface area (Å²) in [4.78, 5) is 32.9. The van der Waals surface area contributed by atoms with Crippen LogP contribution in [0.3, 0.4) is 0 Å². The Hall–Kier alpha value is -3.71. The van der Waals surface area contributed by atoms with Gasteiger partial charge in [-0.3, -0.25) is 9.59 Å². The minimum Gasteiger partial charge on any atom is -0.493 e. The molecule has 3 aromatic carbocycles. The summed E-state index contributed by atoms with van der Waals surface area (Å²) in [5.41, 5.74) is 4.88. The van der Waals surface area contributed by atoms with Gasteiger partial charge in [0, 0.05) is 49.0 Å². The lowest BCUT2D eigenvalue weighted by Gasteiger charge is -2.39. The summed E-state index contributed by atoms with van der Waals surface area (Å²) in [7, 11) is 3.77. The van der Waals surface area contributed by atoms with Gasteiger partial charge in [-0.1, -0.05) is 37.1 Å². The molecule has 244 valence electrons. The summed E-state index contributed by atoms with van der Waals surface area (Å²) in [5, 5.41) is 0.649. The standard InChI is InChI=1S/C38H46ClN3O4/c1-5-25(2)46-35-23-33-29(21-34(35)45-4)22-36(43)42(37(33)27-9-11-30(39)12-10-27)32-15-13-31(14-16-32)40(3)24-26-17-19-41(20-18-26)38(44)28-7-6-8-28/h9-16,21,23,25-26,28,37H,5-8,17-20,22,24H2,1-4H3/t25-,37?/m1/s1. The van der Waals surface area contributed by atoms with Gasteiger partial charge in [-0.05, 0) is 110 Å². The minimum atomic E-state index is -0.352. The monoisotopic (exact) mass is 643 g/mol. The van der Waals surface area contributed by atoms with Crippen LogP contribution < -0.4 is 19.3 Å². The number of fused-ring (bicyclic) bond motifs is 1. The van der Waals surface area contributed by atoms with Crippen molar-refractivity contribution in [1.29, 1.82) is 0 Å². The molecule has 2 atom stereocenters. The average molecular weight is 644 g/mol. The molecule has 6 rings (SSSR count). The molecule has 3 aromatic rings. The maximum Gasteiger partial charge on any atom is 0.232 e. The molecule has 0 spiro atoms. The molecule has 0 N–H and O–H groups in total. The fraction of sp³-hybridized carbons (Fsp3) is 0.474. The van der Waals surface area contributed by atoms with E-state index in [2.05, 4.69) is 48.0 Å². The third kappa shape index (κ3) is 6.71. The second-order valence-electron chi connectivity index (χ2n) is 13.2. The first kappa shape index (κ1) is 32.2. The van der Waals surface area contributed by atoms with Crippen molar-refractivity contribution in [3.8, 4) is 11.5 Å². The van der Waals surface area contributed by atoms with E-state index in [-0.39, 0.29) is 30.4 Å². The van der Waals surface area contributed by atoms with Crippen LogP contribution in [0, 0.1) is 11.8 Å². The molecule has 1 aliphatic carbocycles. The van der Waals surface area contributed by atoms with Crippen LogP contribution >= 0.6 is 11.6 Å². The van der Waals surface area contributed by atoms with Crippen LogP contribution in [0.15, 0.2) is 60.7 Å². The largest absolute Gasteiger partial charge is 0.493 e. The molecular weight excluding hydrogens is 598 g/mol. The highest BCUT2D eigenvalue weighted by Gasteiger charge is 2.36. The molecule has 2 fully saturated rings. The summed E-state index contributed by atoms with van der Waals surface area (Å²) in [6.45, 7) is 6.81. The second-order valence-corrected chi connectivity index (χ2v) is 13.7. The van der Waals surface area contributed by atoms with Crippen LogP contribution in [0.5, 0.6) is 11.5 Å². The average Bonchev–Trinajstić information content (AvgIpc) is 3.04. The molecule has 0 bridgehead atoms. The van der Waals surface area contributed by atoms with Gasteiger partial charge in [0.1, 0.15) is 0 Å². The molecular formula is C38H46ClN3O4. The van der Waals surface area contributed by atoms with E-state index in [1.165, 1.54) is 6.42 Å². The normalized spacial score (nSPS) is 19.3. The Kier molecular flexibility index (Phi) is 9.78. The van der Waals surface area contributed by atoms with Crippen molar-refractivity contribution in [2.24, 2.45) is 11.8 Å². The number of piperidine rings is 1. The van der Waals surface area contributed by atoms with Crippen molar-refractivity contribution in [2.45, 2.75) is 70.9 Å². The van der Waals surface area contributed by atoms with Gasteiger partial charge in [-0.2, -0.15) is 0 Å². The molecule has 1 unspecified atom stereocenters. The Labute approximate surface area is 278 Å². The SMILES string of the molecule is CC[C@@H](C)Oc1cc2c(cc1OC)CC(=O)N(c1ccc(N(C)CC3CCN(C(=O)C4CCC4)CC3)cc1)C2c1ccc(Cl)cc1. The third-order valence-electron chi connectivity index (χ3n) is 10.2. The van der Waals surface area contributed by atoms with Gasteiger partial charge in [-0.15, -0.1) is 0 Å². The number of hydrogen-bond acceptors (Lipinski definition) is 5. The lowest BCUT2D eigenvalue weighted by Crippen LogP contribution is -2.45. The molecule has 7 nitrogen and oxygen atoms in total. The van der Waals surface area contributed by atoms with Crippen LogP contribution in [0.25, 0.3) is 0 Å². The smallest absolute Gasteiger partial charge is 0.232 e. The Morgan fingerprint density at radius 2 is 1.70 bits per heavy atom. The van der Waals surface area contributed by atoms with Crippen molar-refractivity contribution in [3.05, 3.63) is 82.4 Å². The number of methoxy groups -OCH3 is 1. The predicted octanol–water partition coefficient (Wildman–Crippen LogP) is 7.68. The highest BCUT2D eigenvalue weighted by Crippen LogP contribution is 2.44. The highest BCUT2D eigenvalue weighted by molar-refractivity contribution is 6.30.